The Morgan fingerprint density at radius 2 is 1.60 bits per heavy atom. The van der Waals surface area contributed by atoms with Crippen molar-refractivity contribution in [2.45, 2.75) is 26.4 Å². The summed E-state index contributed by atoms with van der Waals surface area (Å²) >= 11 is 0. The monoisotopic (exact) mass is 414 g/mol. The Morgan fingerprint density at radius 3 is 2.27 bits per heavy atom. The van der Waals surface area contributed by atoms with Crippen LogP contribution in [-0.4, -0.2) is 42.6 Å². The molecule has 0 spiro atoms. The van der Waals surface area contributed by atoms with Crippen LogP contribution in [-0.2, 0) is 41.6 Å². The van der Waals surface area contributed by atoms with E-state index >= 15 is 0 Å². The zero-order chi connectivity index (χ0) is 21.8. The van der Waals surface area contributed by atoms with Gasteiger partial charge in [-0.25, -0.2) is 4.79 Å². The zero-order valence-electron chi connectivity index (χ0n) is 16.9. The number of hydrogen-bond donors (Lipinski definition) is 1. The number of esters is 2. The van der Waals surface area contributed by atoms with Gasteiger partial charge in [-0.3, -0.25) is 9.59 Å². The molecule has 0 aromatic heterocycles. The van der Waals surface area contributed by atoms with E-state index in [9.17, 15) is 19.5 Å². The van der Waals surface area contributed by atoms with E-state index in [1.807, 2.05) is 30.3 Å². The van der Waals surface area contributed by atoms with E-state index in [0.717, 1.165) is 11.1 Å². The van der Waals surface area contributed by atoms with E-state index in [4.69, 9.17) is 14.2 Å². The highest BCUT2D eigenvalue weighted by Gasteiger charge is 2.24. The molecule has 7 heteroatoms. The fourth-order valence-electron chi connectivity index (χ4n) is 2.78. The summed E-state index contributed by atoms with van der Waals surface area (Å²) < 4.78 is 15.3. The van der Waals surface area contributed by atoms with Crippen molar-refractivity contribution >= 4 is 17.7 Å². The molecule has 2 aromatic rings. The number of ketones is 1. The highest BCUT2D eigenvalue weighted by Crippen LogP contribution is 2.18. The molecule has 0 aliphatic rings. The highest BCUT2D eigenvalue weighted by molar-refractivity contribution is 5.85. The van der Waals surface area contributed by atoms with Crippen molar-refractivity contribution in [3.63, 3.8) is 0 Å². The molecule has 160 valence electrons. The number of carbonyl (C=O) groups excluding carboxylic acids is 3. The number of phenolic OH excluding ortho intramolecular Hbond substituents is 1. The van der Waals surface area contributed by atoms with Crippen molar-refractivity contribution in [2.24, 2.45) is 5.92 Å². The van der Waals surface area contributed by atoms with Crippen molar-refractivity contribution in [3.05, 3.63) is 65.7 Å². The molecule has 0 fully saturated rings. The topological polar surface area (TPSA) is 99.1 Å². The average molecular weight is 414 g/mol. The van der Waals surface area contributed by atoms with Gasteiger partial charge < -0.3 is 19.3 Å². The minimum absolute atomic E-state index is 0.0707. The first-order valence-electron chi connectivity index (χ1n) is 9.71. The zero-order valence-corrected chi connectivity index (χ0v) is 16.9. The first-order valence-corrected chi connectivity index (χ1v) is 9.71. The molecule has 0 saturated carbocycles. The normalized spacial score (nSPS) is 11.5. The first kappa shape index (κ1) is 23.1. The second-order valence-electron chi connectivity index (χ2n) is 6.70. The number of Topliss-reactive ketones (excluding diaryl/α,β-unsaturated/α-hetero) is 1. The van der Waals surface area contributed by atoms with Gasteiger partial charge in [0.1, 0.15) is 25.6 Å². The summed E-state index contributed by atoms with van der Waals surface area (Å²) in [7, 11) is 0. The van der Waals surface area contributed by atoms with Crippen LogP contribution in [0.15, 0.2) is 54.6 Å². The van der Waals surface area contributed by atoms with Gasteiger partial charge in [-0.15, -0.1) is 0 Å². The molecule has 0 bridgehead atoms. The van der Waals surface area contributed by atoms with Crippen LogP contribution in [0.25, 0.3) is 0 Å². The van der Waals surface area contributed by atoms with Gasteiger partial charge in [-0.05, 0) is 36.6 Å². The van der Waals surface area contributed by atoms with Crippen molar-refractivity contribution in [1.82, 2.24) is 0 Å². The standard InChI is InChI=1S/C23H26O7/c1-2-29-23(27)19(12-17-8-10-20(24)11-9-17)13-21(25)15-28-16-22(26)30-14-18-6-4-3-5-7-18/h3-11,19,24H,2,12-16H2,1H3. The summed E-state index contributed by atoms with van der Waals surface area (Å²) in [6.45, 7) is 1.39. The van der Waals surface area contributed by atoms with Crippen molar-refractivity contribution in [3.8, 4) is 5.75 Å². The van der Waals surface area contributed by atoms with Gasteiger partial charge in [0, 0.05) is 6.42 Å². The van der Waals surface area contributed by atoms with E-state index in [1.165, 1.54) is 12.1 Å². The molecular formula is C23H26O7. The Hall–Kier alpha value is -3.19. The second kappa shape index (κ2) is 12.4. The summed E-state index contributed by atoms with van der Waals surface area (Å²) in [5.41, 5.74) is 1.65. The van der Waals surface area contributed by atoms with Gasteiger partial charge in [-0.1, -0.05) is 42.5 Å². The van der Waals surface area contributed by atoms with Crippen LogP contribution >= 0.6 is 0 Å². The van der Waals surface area contributed by atoms with Crippen LogP contribution in [0.4, 0.5) is 0 Å². The first-order chi connectivity index (χ1) is 14.5. The third-order valence-electron chi connectivity index (χ3n) is 4.24. The van der Waals surface area contributed by atoms with Gasteiger partial charge in [0.15, 0.2) is 5.78 Å². The molecule has 30 heavy (non-hydrogen) atoms. The maximum atomic E-state index is 12.2. The molecule has 0 heterocycles. The van der Waals surface area contributed by atoms with E-state index < -0.39 is 17.9 Å². The maximum absolute atomic E-state index is 12.2. The van der Waals surface area contributed by atoms with E-state index in [2.05, 4.69) is 0 Å². The van der Waals surface area contributed by atoms with Gasteiger partial charge in [0.2, 0.25) is 0 Å². The summed E-state index contributed by atoms with van der Waals surface area (Å²) in [5.74, 6) is -1.91. The van der Waals surface area contributed by atoms with Crippen molar-refractivity contribution in [1.29, 1.82) is 0 Å². The molecule has 2 aromatic carbocycles. The molecule has 1 atom stereocenters. The lowest BCUT2D eigenvalue weighted by molar-refractivity contribution is -0.153. The molecule has 7 nitrogen and oxygen atoms in total. The highest BCUT2D eigenvalue weighted by atomic mass is 16.6. The van der Waals surface area contributed by atoms with Crippen molar-refractivity contribution in [2.75, 3.05) is 19.8 Å². The quantitative estimate of drug-likeness (QED) is 0.533. The molecule has 0 aliphatic heterocycles. The summed E-state index contributed by atoms with van der Waals surface area (Å²) in [4.78, 5) is 36.2. The number of rotatable bonds is 12. The Morgan fingerprint density at radius 1 is 0.900 bits per heavy atom. The molecule has 0 radical (unpaired) electrons. The fraction of sp³-hybridized carbons (Fsp3) is 0.348. The number of ether oxygens (including phenoxy) is 3. The summed E-state index contributed by atoms with van der Waals surface area (Å²) in [6, 6.07) is 15.6. The predicted molar refractivity (Wildman–Crippen MR) is 109 cm³/mol. The minimum atomic E-state index is -0.671. The molecular weight excluding hydrogens is 388 g/mol. The minimum Gasteiger partial charge on any atom is -0.508 e. The lowest BCUT2D eigenvalue weighted by Crippen LogP contribution is -2.25. The Labute approximate surface area is 175 Å². The maximum Gasteiger partial charge on any atom is 0.332 e. The van der Waals surface area contributed by atoms with Gasteiger partial charge in [0.05, 0.1) is 12.5 Å². The largest absolute Gasteiger partial charge is 0.508 e. The number of benzene rings is 2. The number of carbonyl (C=O) groups is 3. The third kappa shape index (κ3) is 8.45. The fourth-order valence-corrected chi connectivity index (χ4v) is 2.78. The second-order valence-corrected chi connectivity index (χ2v) is 6.70. The predicted octanol–water partition coefficient (Wildman–Crippen LogP) is 2.83. The van der Waals surface area contributed by atoms with Crippen LogP contribution in [0, 0.1) is 5.92 Å². The van der Waals surface area contributed by atoms with Crippen LogP contribution in [0.1, 0.15) is 24.5 Å². The van der Waals surface area contributed by atoms with Gasteiger partial charge in [0.25, 0.3) is 0 Å². The molecule has 0 saturated heterocycles. The van der Waals surface area contributed by atoms with Crippen LogP contribution in [0.2, 0.25) is 0 Å². The van der Waals surface area contributed by atoms with Crippen LogP contribution < -0.4 is 0 Å². The molecule has 0 amide bonds. The third-order valence-corrected chi connectivity index (χ3v) is 4.24. The van der Waals surface area contributed by atoms with Crippen LogP contribution in [0.5, 0.6) is 5.75 Å². The molecule has 1 unspecified atom stereocenters. The SMILES string of the molecule is CCOC(=O)C(CC(=O)COCC(=O)OCc1ccccc1)Cc1ccc(O)cc1. The molecule has 2 rings (SSSR count). The molecule has 1 N–H and O–H groups in total. The van der Waals surface area contributed by atoms with Crippen molar-refractivity contribution < 1.29 is 33.7 Å². The van der Waals surface area contributed by atoms with E-state index in [-0.39, 0.29) is 44.4 Å². The number of hydrogen-bond acceptors (Lipinski definition) is 7. The van der Waals surface area contributed by atoms with E-state index in [1.54, 1.807) is 19.1 Å². The smallest absolute Gasteiger partial charge is 0.332 e. The van der Waals surface area contributed by atoms with Crippen LogP contribution in [0.3, 0.4) is 0 Å². The Kier molecular flexibility index (Phi) is 9.54. The average Bonchev–Trinajstić information content (AvgIpc) is 2.74. The summed E-state index contributed by atoms with van der Waals surface area (Å²) in [6.07, 6.45) is 0.225. The Balaban J connectivity index is 1.77. The molecule has 0 aliphatic carbocycles. The number of aromatic hydroxyl groups is 1. The van der Waals surface area contributed by atoms with Gasteiger partial charge >= 0.3 is 11.9 Å². The summed E-state index contributed by atoms with van der Waals surface area (Å²) in [5, 5.41) is 9.37. The lowest BCUT2D eigenvalue weighted by atomic mass is 9.94. The van der Waals surface area contributed by atoms with E-state index in [0.29, 0.717) is 6.42 Å². The van der Waals surface area contributed by atoms with Gasteiger partial charge in [-0.2, -0.15) is 0 Å². The number of phenols is 1. The Bertz CT molecular complexity index is 815. The lowest BCUT2D eigenvalue weighted by Gasteiger charge is -2.15.